The molecule has 1 saturated heterocycles. The van der Waals surface area contributed by atoms with E-state index in [-0.39, 0.29) is 11.6 Å². The summed E-state index contributed by atoms with van der Waals surface area (Å²) in [4.78, 5) is 4.22. The molecule has 158 valence electrons. The van der Waals surface area contributed by atoms with E-state index < -0.39 is 11.7 Å². The fourth-order valence-corrected chi connectivity index (χ4v) is 4.07. The molecule has 0 radical (unpaired) electrons. The second-order valence-electron chi connectivity index (χ2n) is 7.69. The van der Waals surface area contributed by atoms with E-state index in [2.05, 4.69) is 11.5 Å². The molecule has 3 nitrogen and oxygen atoms in total. The molecule has 0 aliphatic carbocycles. The second kappa shape index (κ2) is 9.11. The van der Waals surface area contributed by atoms with Crippen LogP contribution in [0.1, 0.15) is 30.0 Å². The normalized spacial score (nSPS) is 17.0. The van der Waals surface area contributed by atoms with Crippen molar-refractivity contribution in [2.75, 3.05) is 24.5 Å². The van der Waals surface area contributed by atoms with Gasteiger partial charge < -0.3 is 4.90 Å². The van der Waals surface area contributed by atoms with Crippen LogP contribution in [0.3, 0.4) is 0 Å². The first-order valence-corrected chi connectivity index (χ1v) is 10.0. The monoisotopic (exact) mass is 433 g/mol. The van der Waals surface area contributed by atoms with Gasteiger partial charge in [-0.1, -0.05) is 42.0 Å². The number of rotatable bonds is 6. The first-order valence-electron chi connectivity index (χ1n) is 9.67. The summed E-state index contributed by atoms with van der Waals surface area (Å²) >= 11 is 6.34. The Morgan fingerprint density at radius 3 is 2.67 bits per heavy atom. The number of nitrogens with zero attached hydrogens (tertiary/aromatic N) is 3. The molecular weight excluding hydrogens is 411 g/mol. The van der Waals surface area contributed by atoms with E-state index in [1.54, 1.807) is 18.2 Å². The van der Waals surface area contributed by atoms with Crippen LogP contribution >= 0.6 is 11.6 Å². The SMILES string of the molecule is C=C(C)CN1CCC(N(Cc2ccccc2Cl)c2ccc(C#N)c(C(F)(F)F)c2)C1. The Morgan fingerprint density at radius 1 is 1.30 bits per heavy atom. The number of benzene rings is 2. The zero-order valence-electron chi connectivity index (χ0n) is 16.7. The quantitative estimate of drug-likeness (QED) is 0.532. The summed E-state index contributed by atoms with van der Waals surface area (Å²) in [5, 5.41) is 9.69. The van der Waals surface area contributed by atoms with E-state index in [0.29, 0.717) is 17.3 Å². The number of hydrogen-bond donors (Lipinski definition) is 0. The van der Waals surface area contributed by atoms with Gasteiger partial charge in [0, 0.05) is 42.9 Å². The topological polar surface area (TPSA) is 30.3 Å². The maximum Gasteiger partial charge on any atom is 0.417 e. The largest absolute Gasteiger partial charge is 0.417 e. The highest BCUT2D eigenvalue weighted by molar-refractivity contribution is 6.31. The molecule has 1 aliphatic rings. The van der Waals surface area contributed by atoms with Gasteiger partial charge in [0.15, 0.2) is 0 Å². The Bertz CT molecular complexity index is 965. The first kappa shape index (κ1) is 22.2. The molecular formula is C23H23ClF3N3. The molecule has 3 rings (SSSR count). The van der Waals surface area contributed by atoms with Gasteiger partial charge in [-0.05, 0) is 43.2 Å². The molecule has 0 amide bonds. The van der Waals surface area contributed by atoms with Gasteiger partial charge in [-0.15, -0.1) is 0 Å². The summed E-state index contributed by atoms with van der Waals surface area (Å²) in [6.07, 6.45) is -3.78. The van der Waals surface area contributed by atoms with Crippen LogP contribution in [0.15, 0.2) is 54.6 Å². The van der Waals surface area contributed by atoms with Crippen LogP contribution < -0.4 is 4.90 Å². The first-order chi connectivity index (χ1) is 14.2. The van der Waals surface area contributed by atoms with E-state index in [0.717, 1.165) is 43.3 Å². The number of alkyl halides is 3. The highest BCUT2D eigenvalue weighted by atomic mass is 35.5. The van der Waals surface area contributed by atoms with Crippen molar-refractivity contribution in [3.63, 3.8) is 0 Å². The lowest BCUT2D eigenvalue weighted by molar-refractivity contribution is -0.137. The highest BCUT2D eigenvalue weighted by Gasteiger charge is 2.35. The van der Waals surface area contributed by atoms with Crippen molar-refractivity contribution >= 4 is 17.3 Å². The third kappa shape index (κ3) is 5.16. The average molecular weight is 434 g/mol. The molecule has 0 N–H and O–H groups in total. The molecule has 0 spiro atoms. The van der Waals surface area contributed by atoms with Gasteiger partial charge in [-0.2, -0.15) is 18.4 Å². The van der Waals surface area contributed by atoms with Gasteiger partial charge in [0.25, 0.3) is 0 Å². The highest BCUT2D eigenvalue weighted by Crippen LogP contribution is 2.36. The van der Waals surface area contributed by atoms with Crippen LogP contribution in [0.25, 0.3) is 0 Å². The molecule has 0 bridgehead atoms. The Labute approximate surface area is 180 Å². The maximum absolute atomic E-state index is 13.5. The number of hydrogen-bond acceptors (Lipinski definition) is 3. The second-order valence-corrected chi connectivity index (χ2v) is 8.10. The molecule has 0 aromatic heterocycles. The van der Waals surface area contributed by atoms with E-state index in [1.165, 1.54) is 6.07 Å². The van der Waals surface area contributed by atoms with Gasteiger partial charge >= 0.3 is 6.18 Å². The Hall–Kier alpha value is -2.49. The molecule has 0 saturated carbocycles. The molecule has 2 aromatic carbocycles. The molecule has 7 heteroatoms. The Morgan fingerprint density at radius 2 is 2.03 bits per heavy atom. The summed E-state index contributed by atoms with van der Waals surface area (Å²) in [5.41, 5.74) is 1.03. The molecule has 1 atom stereocenters. The summed E-state index contributed by atoms with van der Waals surface area (Å²) in [6.45, 7) is 8.63. The summed E-state index contributed by atoms with van der Waals surface area (Å²) in [7, 11) is 0. The Balaban J connectivity index is 1.99. The maximum atomic E-state index is 13.5. The summed E-state index contributed by atoms with van der Waals surface area (Å²) in [6, 6.07) is 12.9. The molecule has 1 aliphatic heterocycles. The van der Waals surface area contributed by atoms with Crippen molar-refractivity contribution in [3.05, 3.63) is 76.3 Å². The van der Waals surface area contributed by atoms with Crippen molar-refractivity contribution in [2.24, 2.45) is 0 Å². The minimum Gasteiger partial charge on any atom is -0.363 e. The van der Waals surface area contributed by atoms with Crippen LogP contribution in [0.5, 0.6) is 0 Å². The van der Waals surface area contributed by atoms with Crippen molar-refractivity contribution in [1.82, 2.24) is 4.90 Å². The lowest BCUT2D eigenvalue weighted by Crippen LogP contribution is -2.37. The van der Waals surface area contributed by atoms with Crippen molar-refractivity contribution in [1.29, 1.82) is 5.26 Å². The summed E-state index contributed by atoms with van der Waals surface area (Å²) in [5.74, 6) is 0. The fraction of sp³-hybridized carbons (Fsp3) is 0.348. The average Bonchev–Trinajstić information content (AvgIpc) is 3.13. The zero-order valence-corrected chi connectivity index (χ0v) is 17.5. The fourth-order valence-electron chi connectivity index (χ4n) is 3.88. The molecule has 1 fully saturated rings. The number of halogens is 4. The number of nitriles is 1. The van der Waals surface area contributed by atoms with Gasteiger partial charge in [-0.3, -0.25) is 4.90 Å². The summed E-state index contributed by atoms with van der Waals surface area (Å²) < 4.78 is 40.6. The van der Waals surface area contributed by atoms with E-state index in [4.69, 9.17) is 16.9 Å². The predicted octanol–water partition coefficient (Wildman–Crippen LogP) is 5.89. The van der Waals surface area contributed by atoms with Crippen molar-refractivity contribution in [2.45, 2.75) is 32.1 Å². The smallest absolute Gasteiger partial charge is 0.363 e. The van der Waals surface area contributed by atoms with Crippen LogP contribution in [0.4, 0.5) is 18.9 Å². The van der Waals surface area contributed by atoms with Gasteiger partial charge in [-0.25, -0.2) is 0 Å². The van der Waals surface area contributed by atoms with Gasteiger partial charge in [0.2, 0.25) is 0 Å². The zero-order chi connectivity index (χ0) is 21.9. The molecule has 30 heavy (non-hydrogen) atoms. The van der Waals surface area contributed by atoms with Crippen LogP contribution in [0.2, 0.25) is 5.02 Å². The lowest BCUT2D eigenvalue weighted by Gasteiger charge is -2.32. The Kier molecular flexibility index (Phi) is 6.74. The molecule has 1 unspecified atom stereocenters. The molecule has 1 heterocycles. The van der Waals surface area contributed by atoms with E-state index in [9.17, 15) is 13.2 Å². The van der Waals surface area contributed by atoms with E-state index in [1.807, 2.05) is 30.0 Å². The van der Waals surface area contributed by atoms with Crippen LogP contribution in [-0.2, 0) is 12.7 Å². The standard InChI is InChI=1S/C23H23ClF3N3/c1-16(2)13-29-10-9-20(15-29)30(14-18-5-3-4-6-22(18)24)19-8-7-17(12-28)21(11-19)23(25,26)27/h3-8,11,20H,1,9-10,13-15H2,2H3. The van der Waals surface area contributed by atoms with Gasteiger partial charge in [0.1, 0.15) is 0 Å². The lowest BCUT2D eigenvalue weighted by atomic mass is 10.0. The minimum atomic E-state index is -4.60. The predicted molar refractivity (Wildman–Crippen MR) is 113 cm³/mol. The third-order valence-electron chi connectivity index (χ3n) is 5.24. The van der Waals surface area contributed by atoms with E-state index >= 15 is 0 Å². The number of anilines is 1. The van der Waals surface area contributed by atoms with Crippen molar-refractivity contribution < 1.29 is 13.2 Å². The third-order valence-corrected chi connectivity index (χ3v) is 5.61. The molecule has 2 aromatic rings. The van der Waals surface area contributed by atoms with Crippen LogP contribution in [-0.4, -0.2) is 30.6 Å². The van der Waals surface area contributed by atoms with Crippen molar-refractivity contribution in [3.8, 4) is 6.07 Å². The minimum absolute atomic E-state index is 0.0228. The van der Waals surface area contributed by atoms with Gasteiger partial charge in [0.05, 0.1) is 17.2 Å². The number of likely N-dealkylation sites (tertiary alicyclic amines) is 1. The van der Waals surface area contributed by atoms with Crippen LogP contribution in [0, 0.1) is 11.3 Å².